The Morgan fingerprint density at radius 1 is 0.935 bits per heavy atom. The molecule has 0 saturated carbocycles. The largest absolute Gasteiger partial charge is 0.378 e. The van der Waals surface area contributed by atoms with Crippen LogP contribution in [0.2, 0.25) is 0 Å². The number of amides is 3. The van der Waals surface area contributed by atoms with Gasteiger partial charge >= 0.3 is 6.03 Å². The molecule has 1 N–H and O–H groups in total. The summed E-state index contributed by atoms with van der Waals surface area (Å²) in [5, 5.41) is 2.90. The first-order valence-electron chi connectivity index (χ1n) is 10.9. The maximum Gasteiger partial charge on any atom is 0.325 e. The number of ether oxygens (including phenoxy) is 1. The molecule has 0 unspecified atom stereocenters. The van der Waals surface area contributed by atoms with Gasteiger partial charge in [0.25, 0.3) is 0 Å². The van der Waals surface area contributed by atoms with Gasteiger partial charge in [0.2, 0.25) is 5.91 Å². The normalized spacial score (nSPS) is 16.9. The highest BCUT2D eigenvalue weighted by Crippen LogP contribution is 2.24. The first-order chi connectivity index (χ1) is 15.0. The molecule has 0 radical (unpaired) electrons. The summed E-state index contributed by atoms with van der Waals surface area (Å²) < 4.78 is 5.39. The van der Waals surface area contributed by atoms with Gasteiger partial charge in [0.15, 0.2) is 0 Å². The molecule has 2 fully saturated rings. The summed E-state index contributed by atoms with van der Waals surface area (Å²) in [6.45, 7) is 8.68. The van der Waals surface area contributed by atoms with Gasteiger partial charge in [0.1, 0.15) is 6.54 Å². The lowest BCUT2D eigenvalue weighted by atomic mass is 10.0. The summed E-state index contributed by atoms with van der Waals surface area (Å²) in [4.78, 5) is 30.9. The fraction of sp³-hybridized carbons (Fsp3) is 0.417. The van der Waals surface area contributed by atoms with Gasteiger partial charge in [-0.15, -0.1) is 0 Å². The van der Waals surface area contributed by atoms with Crippen molar-refractivity contribution >= 4 is 29.0 Å². The average molecular weight is 423 g/mol. The van der Waals surface area contributed by atoms with Crippen LogP contribution in [0.15, 0.2) is 48.5 Å². The molecule has 0 bridgehead atoms. The maximum atomic E-state index is 12.8. The summed E-state index contributed by atoms with van der Waals surface area (Å²) in [7, 11) is 0. The van der Waals surface area contributed by atoms with Crippen molar-refractivity contribution in [2.24, 2.45) is 0 Å². The van der Waals surface area contributed by atoms with Crippen molar-refractivity contribution in [2.75, 3.05) is 61.1 Å². The number of morpholine rings is 1. The van der Waals surface area contributed by atoms with Crippen LogP contribution in [-0.2, 0) is 9.53 Å². The quantitative estimate of drug-likeness (QED) is 0.774. The molecule has 0 aliphatic carbocycles. The minimum atomic E-state index is -0.190. The van der Waals surface area contributed by atoms with Crippen LogP contribution in [0, 0.1) is 0 Å². The van der Waals surface area contributed by atoms with Gasteiger partial charge in [-0.2, -0.15) is 0 Å². The van der Waals surface area contributed by atoms with Gasteiger partial charge in [-0.05, 0) is 47.9 Å². The molecule has 2 heterocycles. The summed E-state index contributed by atoms with van der Waals surface area (Å²) in [6.07, 6.45) is 0. The smallest absolute Gasteiger partial charge is 0.325 e. The zero-order valence-corrected chi connectivity index (χ0v) is 18.2. The SMILES string of the molecule is CC(C)c1ccc(N2CCN(CC(=O)Nc3ccc(N4CCOCC4)cc3)C2=O)cc1. The number of rotatable bonds is 6. The first kappa shape index (κ1) is 21.2. The highest BCUT2D eigenvalue weighted by Gasteiger charge is 2.30. The number of nitrogens with zero attached hydrogens (tertiary/aromatic N) is 3. The Kier molecular flexibility index (Phi) is 6.42. The molecule has 0 spiro atoms. The standard InChI is InChI=1S/C24H30N4O3/c1-18(2)19-3-7-22(8-4-19)28-12-11-27(24(28)30)17-23(29)25-20-5-9-21(10-6-20)26-13-15-31-16-14-26/h3-10,18H,11-17H2,1-2H3,(H,25,29). The van der Waals surface area contributed by atoms with Crippen molar-refractivity contribution in [3.8, 4) is 0 Å². The number of nitrogens with one attached hydrogen (secondary N) is 1. The molecular formula is C24H30N4O3. The Labute approximate surface area is 183 Å². The van der Waals surface area contributed by atoms with E-state index in [4.69, 9.17) is 4.74 Å². The maximum absolute atomic E-state index is 12.8. The van der Waals surface area contributed by atoms with Crippen molar-refractivity contribution in [1.29, 1.82) is 0 Å². The zero-order chi connectivity index (χ0) is 21.8. The van der Waals surface area contributed by atoms with Gasteiger partial charge in [-0.3, -0.25) is 9.69 Å². The molecule has 31 heavy (non-hydrogen) atoms. The van der Waals surface area contributed by atoms with Crippen molar-refractivity contribution in [3.63, 3.8) is 0 Å². The van der Waals surface area contributed by atoms with E-state index in [0.29, 0.717) is 19.0 Å². The topological polar surface area (TPSA) is 65.1 Å². The fourth-order valence-corrected chi connectivity index (χ4v) is 3.96. The molecule has 2 aliphatic rings. The van der Waals surface area contributed by atoms with Gasteiger partial charge in [-0.1, -0.05) is 26.0 Å². The third-order valence-electron chi connectivity index (χ3n) is 5.83. The van der Waals surface area contributed by atoms with E-state index in [-0.39, 0.29) is 18.5 Å². The number of hydrogen-bond donors (Lipinski definition) is 1. The highest BCUT2D eigenvalue weighted by molar-refractivity contribution is 5.99. The van der Waals surface area contributed by atoms with Crippen LogP contribution < -0.4 is 15.1 Å². The van der Waals surface area contributed by atoms with Crippen LogP contribution in [0.5, 0.6) is 0 Å². The van der Waals surface area contributed by atoms with Crippen molar-refractivity contribution in [2.45, 2.75) is 19.8 Å². The summed E-state index contributed by atoms with van der Waals surface area (Å²) >= 11 is 0. The van der Waals surface area contributed by atoms with Crippen LogP contribution in [0.25, 0.3) is 0 Å². The Morgan fingerprint density at radius 3 is 2.23 bits per heavy atom. The van der Waals surface area contributed by atoms with E-state index in [0.717, 1.165) is 43.4 Å². The van der Waals surface area contributed by atoms with Gasteiger partial charge in [0.05, 0.1) is 13.2 Å². The first-order valence-corrected chi connectivity index (χ1v) is 10.9. The van der Waals surface area contributed by atoms with Crippen LogP contribution in [0.3, 0.4) is 0 Å². The molecule has 2 aromatic carbocycles. The van der Waals surface area contributed by atoms with E-state index in [1.807, 2.05) is 36.4 Å². The number of hydrogen-bond acceptors (Lipinski definition) is 4. The summed E-state index contributed by atoms with van der Waals surface area (Å²) in [6, 6.07) is 15.8. The molecule has 7 nitrogen and oxygen atoms in total. The molecule has 3 amide bonds. The van der Waals surface area contributed by atoms with Crippen molar-refractivity contribution in [1.82, 2.24) is 4.90 Å². The molecule has 2 aromatic rings. The third kappa shape index (κ3) is 4.99. The molecule has 0 aromatic heterocycles. The van der Waals surface area contributed by atoms with Gasteiger partial charge < -0.3 is 19.9 Å². The Bertz CT molecular complexity index is 905. The van der Waals surface area contributed by atoms with Crippen LogP contribution in [0.1, 0.15) is 25.3 Å². The monoisotopic (exact) mass is 422 g/mol. The van der Waals surface area contributed by atoms with Crippen LogP contribution in [0.4, 0.5) is 21.9 Å². The predicted molar refractivity (Wildman–Crippen MR) is 123 cm³/mol. The molecule has 7 heteroatoms. The van der Waals surface area contributed by atoms with Crippen LogP contribution in [-0.4, -0.2) is 62.8 Å². The fourth-order valence-electron chi connectivity index (χ4n) is 3.96. The molecule has 164 valence electrons. The van der Waals surface area contributed by atoms with Gasteiger partial charge in [-0.25, -0.2) is 4.79 Å². The lowest BCUT2D eigenvalue weighted by molar-refractivity contribution is -0.116. The lowest BCUT2D eigenvalue weighted by Gasteiger charge is -2.28. The predicted octanol–water partition coefficient (Wildman–Crippen LogP) is 3.53. The van der Waals surface area contributed by atoms with Crippen molar-refractivity contribution < 1.29 is 14.3 Å². The van der Waals surface area contributed by atoms with E-state index in [2.05, 4.69) is 36.2 Å². The lowest BCUT2D eigenvalue weighted by Crippen LogP contribution is -2.37. The second kappa shape index (κ2) is 9.39. The summed E-state index contributed by atoms with van der Waals surface area (Å²) in [5.74, 6) is 0.260. The van der Waals surface area contributed by atoms with E-state index in [1.54, 1.807) is 9.80 Å². The molecule has 2 aliphatic heterocycles. The van der Waals surface area contributed by atoms with E-state index < -0.39 is 0 Å². The molecule has 2 saturated heterocycles. The Morgan fingerprint density at radius 2 is 1.58 bits per heavy atom. The average Bonchev–Trinajstić information content (AvgIpc) is 3.15. The molecular weight excluding hydrogens is 392 g/mol. The summed E-state index contributed by atoms with van der Waals surface area (Å²) in [5.41, 5.74) is 3.97. The molecule has 4 rings (SSSR count). The second-order valence-corrected chi connectivity index (χ2v) is 8.30. The third-order valence-corrected chi connectivity index (χ3v) is 5.83. The second-order valence-electron chi connectivity index (χ2n) is 8.30. The van der Waals surface area contributed by atoms with E-state index in [1.165, 1.54) is 5.56 Å². The van der Waals surface area contributed by atoms with E-state index >= 15 is 0 Å². The Hall–Kier alpha value is -3.06. The minimum absolute atomic E-state index is 0.0463. The zero-order valence-electron chi connectivity index (χ0n) is 18.2. The minimum Gasteiger partial charge on any atom is -0.378 e. The number of anilines is 3. The van der Waals surface area contributed by atoms with Gasteiger partial charge in [0, 0.05) is 43.2 Å². The number of benzene rings is 2. The number of carbonyl (C=O) groups excluding carboxylic acids is 2. The molecule has 0 atom stereocenters. The van der Waals surface area contributed by atoms with Crippen molar-refractivity contribution in [3.05, 3.63) is 54.1 Å². The highest BCUT2D eigenvalue weighted by atomic mass is 16.5. The van der Waals surface area contributed by atoms with E-state index in [9.17, 15) is 9.59 Å². The van der Waals surface area contributed by atoms with Crippen LogP contribution >= 0.6 is 0 Å². The number of urea groups is 1. The Balaban J connectivity index is 1.31. The number of carbonyl (C=O) groups is 2.